The van der Waals surface area contributed by atoms with Crippen LogP contribution in [0.15, 0.2) is 29.3 Å². The van der Waals surface area contributed by atoms with Crippen LogP contribution in [0.2, 0.25) is 0 Å². The number of ether oxygens (including phenoxy) is 2. The van der Waals surface area contributed by atoms with E-state index in [0.717, 1.165) is 51.1 Å². The maximum atomic E-state index is 5.42. The average Bonchev–Trinajstić information content (AvgIpc) is 3.17. The molecule has 2 aliphatic rings. The molecule has 2 aliphatic heterocycles. The van der Waals surface area contributed by atoms with E-state index in [4.69, 9.17) is 9.47 Å². The number of halogens is 1. The summed E-state index contributed by atoms with van der Waals surface area (Å²) in [5.74, 6) is 1.76. The summed E-state index contributed by atoms with van der Waals surface area (Å²) in [5, 5.41) is 6.97. The van der Waals surface area contributed by atoms with Crippen molar-refractivity contribution in [2.45, 2.75) is 25.8 Å². The Bertz CT molecular complexity index is 616. The molecule has 6 nitrogen and oxygen atoms in total. The van der Waals surface area contributed by atoms with Gasteiger partial charge in [0.1, 0.15) is 5.75 Å². The summed E-state index contributed by atoms with van der Waals surface area (Å²) in [7, 11) is 3.55. The van der Waals surface area contributed by atoms with Crippen molar-refractivity contribution >= 4 is 29.9 Å². The lowest BCUT2D eigenvalue weighted by Gasteiger charge is -2.38. The molecule has 0 radical (unpaired) electrons. The van der Waals surface area contributed by atoms with Gasteiger partial charge in [-0.3, -0.25) is 9.89 Å². The lowest BCUT2D eigenvalue weighted by atomic mass is 9.89. The van der Waals surface area contributed by atoms with Gasteiger partial charge in [-0.1, -0.05) is 19.1 Å². The maximum Gasteiger partial charge on any atom is 0.191 e. The highest BCUT2D eigenvalue weighted by molar-refractivity contribution is 14.0. The Balaban J connectivity index is 0.00000261. The Hall–Kier alpha value is -1.06. The molecule has 2 heterocycles. The van der Waals surface area contributed by atoms with Gasteiger partial charge in [0.25, 0.3) is 0 Å². The van der Waals surface area contributed by atoms with Crippen molar-refractivity contribution in [1.82, 2.24) is 15.5 Å². The third-order valence-corrected chi connectivity index (χ3v) is 5.33. The normalized spacial score (nSPS) is 20.3. The number of nitrogens with zero attached hydrogens (tertiary/aromatic N) is 2. The first kappa shape index (κ1) is 22.2. The van der Waals surface area contributed by atoms with E-state index < -0.39 is 0 Å². The summed E-state index contributed by atoms with van der Waals surface area (Å²) in [6, 6.07) is 8.72. The quantitative estimate of drug-likeness (QED) is 0.351. The van der Waals surface area contributed by atoms with Crippen molar-refractivity contribution in [3.63, 3.8) is 0 Å². The Morgan fingerprint density at radius 3 is 2.63 bits per heavy atom. The van der Waals surface area contributed by atoms with Crippen LogP contribution in [0.4, 0.5) is 0 Å². The second-order valence-corrected chi connectivity index (χ2v) is 7.65. The van der Waals surface area contributed by atoms with E-state index in [2.05, 4.69) is 45.6 Å². The van der Waals surface area contributed by atoms with Gasteiger partial charge in [0.2, 0.25) is 0 Å². The summed E-state index contributed by atoms with van der Waals surface area (Å²) in [6.07, 6.45) is 2.54. The van der Waals surface area contributed by atoms with Gasteiger partial charge in [0.05, 0.1) is 26.4 Å². The first-order valence-corrected chi connectivity index (χ1v) is 9.54. The molecule has 2 saturated heterocycles. The minimum Gasteiger partial charge on any atom is -0.497 e. The van der Waals surface area contributed by atoms with Crippen LogP contribution < -0.4 is 15.4 Å². The standard InChI is InChI=1S/C20H32N4O2.HI/c1-20(14-26-15-20)13-23-19(21-2)22-12-18(24-9-4-5-10-24)16-7-6-8-17(11-16)25-3;/h6-8,11,18H,4-5,9-10,12-15H2,1-3H3,(H2,21,22,23);1H. The van der Waals surface area contributed by atoms with Crippen molar-refractivity contribution in [2.75, 3.05) is 53.6 Å². The highest BCUT2D eigenvalue weighted by Gasteiger charge is 2.33. The van der Waals surface area contributed by atoms with Gasteiger partial charge >= 0.3 is 0 Å². The minimum atomic E-state index is 0. The van der Waals surface area contributed by atoms with Crippen LogP contribution in [0.1, 0.15) is 31.4 Å². The first-order chi connectivity index (χ1) is 12.6. The second kappa shape index (κ2) is 10.5. The molecule has 27 heavy (non-hydrogen) atoms. The Labute approximate surface area is 180 Å². The Morgan fingerprint density at radius 1 is 1.30 bits per heavy atom. The zero-order valence-corrected chi connectivity index (χ0v) is 19.0. The molecule has 152 valence electrons. The number of methoxy groups -OCH3 is 1. The molecule has 0 saturated carbocycles. The third kappa shape index (κ3) is 5.96. The van der Waals surface area contributed by atoms with E-state index in [-0.39, 0.29) is 29.4 Å². The van der Waals surface area contributed by atoms with Gasteiger partial charge in [-0.25, -0.2) is 0 Å². The predicted molar refractivity (Wildman–Crippen MR) is 120 cm³/mol. The van der Waals surface area contributed by atoms with Crippen LogP contribution >= 0.6 is 24.0 Å². The highest BCUT2D eigenvalue weighted by atomic mass is 127. The average molecular weight is 488 g/mol. The summed E-state index contributed by atoms with van der Waals surface area (Å²) in [4.78, 5) is 6.94. The Kier molecular flexibility index (Phi) is 8.62. The van der Waals surface area contributed by atoms with Crippen LogP contribution in [-0.2, 0) is 4.74 Å². The lowest BCUT2D eigenvalue weighted by molar-refractivity contribution is -0.0971. The maximum absolute atomic E-state index is 5.42. The van der Waals surface area contributed by atoms with Crippen LogP contribution in [0, 0.1) is 5.41 Å². The van der Waals surface area contributed by atoms with Gasteiger partial charge in [-0.05, 0) is 43.6 Å². The fourth-order valence-electron chi connectivity index (χ4n) is 3.62. The van der Waals surface area contributed by atoms with Gasteiger partial charge < -0.3 is 20.1 Å². The van der Waals surface area contributed by atoms with Crippen molar-refractivity contribution in [2.24, 2.45) is 10.4 Å². The topological polar surface area (TPSA) is 58.1 Å². The van der Waals surface area contributed by atoms with Crippen molar-refractivity contribution in [1.29, 1.82) is 0 Å². The number of guanidine groups is 1. The molecular formula is C20H33IN4O2. The molecule has 7 heteroatoms. The van der Waals surface area contributed by atoms with Crippen molar-refractivity contribution in [3.05, 3.63) is 29.8 Å². The zero-order valence-electron chi connectivity index (χ0n) is 16.7. The van der Waals surface area contributed by atoms with E-state index in [1.54, 1.807) is 7.11 Å². The van der Waals surface area contributed by atoms with Gasteiger partial charge in [-0.2, -0.15) is 0 Å². The van der Waals surface area contributed by atoms with E-state index in [0.29, 0.717) is 6.04 Å². The lowest BCUT2D eigenvalue weighted by Crippen LogP contribution is -2.51. The van der Waals surface area contributed by atoms with E-state index in [9.17, 15) is 0 Å². The number of likely N-dealkylation sites (tertiary alicyclic amines) is 1. The molecule has 0 spiro atoms. The number of benzene rings is 1. The Morgan fingerprint density at radius 2 is 2.04 bits per heavy atom. The third-order valence-electron chi connectivity index (χ3n) is 5.33. The molecule has 1 atom stereocenters. The summed E-state index contributed by atoms with van der Waals surface area (Å²) in [6.45, 7) is 7.85. The van der Waals surface area contributed by atoms with E-state index in [1.807, 2.05) is 13.1 Å². The number of nitrogens with one attached hydrogen (secondary N) is 2. The second-order valence-electron chi connectivity index (χ2n) is 7.65. The SMILES string of the molecule is CN=C(NCC(c1cccc(OC)c1)N1CCCC1)NCC1(C)COC1.I. The number of hydrogen-bond donors (Lipinski definition) is 2. The first-order valence-electron chi connectivity index (χ1n) is 9.54. The van der Waals surface area contributed by atoms with Crippen LogP contribution in [0.25, 0.3) is 0 Å². The number of rotatable bonds is 7. The van der Waals surface area contributed by atoms with Gasteiger partial charge in [0, 0.05) is 25.6 Å². The molecule has 1 aromatic rings. The number of aliphatic imine (C=N–C) groups is 1. The van der Waals surface area contributed by atoms with E-state index >= 15 is 0 Å². The fourth-order valence-corrected chi connectivity index (χ4v) is 3.62. The molecule has 0 aromatic heterocycles. The smallest absolute Gasteiger partial charge is 0.191 e. The van der Waals surface area contributed by atoms with Gasteiger partial charge in [-0.15, -0.1) is 24.0 Å². The monoisotopic (exact) mass is 488 g/mol. The molecule has 1 unspecified atom stereocenters. The van der Waals surface area contributed by atoms with E-state index in [1.165, 1.54) is 18.4 Å². The highest BCUT2D eigenvalue weighted by Crippen LogP contribution is 2.27. The molecule has 3 rings (SSSR count). The van der Waals surface area contributed by atoms with Crippen LogP contribution in [0.5, 0.6) is 5.75 Å². The molecule has 0 aliphatic carbocycles. The fraction of sp³-hybridized carbons (Fsp3) is 0.650. The van der Waals surface area contributed by atoms with Crippen LogP contribution in [-0.4, -0.2) is 64.4 Å². The van der Waals surface area contributed by atoms with Crippen molar-refractivity contribution in [3.8, 4) is 5.75 Å². The summed E-state index contributed by atoms with van der Waals surface area (Å²) >= 11 is 0. The zero-order chi connectivity index (χ0) is 18.4. The van der Waals surface area contributed by atoms with Crippen LogP contribution in [0.3, 0.4) is 0 Å². The summed E-state index contributed by atoms with van der Waals surface area (Å²) < 4.78 is 10.8. The molecule has 0 bridgehead atoms. The molecule has 1 aromatic carbocycles. The largest absolute Gasteiger partial charge is 0.497 e. The molecule has 2 fully saturated rings. The minimum absolute atomic E-state index is 0. The molecular weight excluding hydrogens is 455 g/mol. The van der Waals surface area contributed by atoms with Crippen molar-refractivity contribution < 1.29 is 9.47 Å². The summed E-state index contributed by atoms with van der Waals surface area (Å²) in [5.41, 5.74) is 1.51. The number of hydrogen-bond acceptors (Lipinski definition) is 4. The molecule has 2 N–H and O–H groups in total. The molecule has 0 amide bonds. The van der Waals surface area contributed by atoms with Gasteiger partial charge in [0.15, 0.2) is 5.96 Å². The predicted octanol–water partition coefficient (Wildman–Crippen LogP) is 2.65.